The lowest BCUT2D eigenvalue weighted by atomic mass is 10.1. The molecule has 2 heterocycles. The number of nitrogens with zero attached hydrogens (tertiary/aromatic N) is 2. The first kappa shape index (κ1) is 17.6. The number of aromatic nitrogens is 1. The lowest BCUT2D eigenvalue weighted by molar-refractivity contribution is -0.138. The summed E-state index contributed by atoms with van der Waals surface area (Å²) >= 11 is 0. The molecule has 0 aliphatic carbocycles. The van der Waals surface area contributed by atoms with E-state index in [9.17, 15) is 18.0 Å². The number of hydrogen-bond donors (Lipinski definition) is 0. The molecule has 0 amide bonds. The lowest BCUT2D eigenvalue weighted by Crippen LogP contribution is -2.25. The highest BCUT2D eigenvalue weighted by atomic mass is 19.4. The van der Waals surface area contributed by atoms with Crippen LogP contribution in [0.2, 0.25) is 0 Å². The fourth-order valence-corrected chi connectivity index (χ4v) is 2.89. The number of hydrogen-bond acceptors (Lipinski definition) is 4. The van der Waals surface area contributed by atoms with Gasteiger partial charge in [-0.1, -0.05) is 30.3 Å². The minimum atomic E-state index is -4.78. The molecule has 0 radical (unpaired) electrons. The van der Waals surface area contributed by atoms with Gasteiger partial charge in [-0.05, 0) is 31.2 Å². The predicted octanol–water partition coefficient (Wildman–Crippen LogP) is 3.62. The standard InChI is InChI=1S/C17H19F3N2O3/c18-17(19,20)14-15(21-11-6-12-24-21)22(25-16(14)23)10-5-4-9-13-7-2-1-3-8-13/h1-3,7-8H,4-6,9-12H2. The Bertz CT molecular complexity index is 747. The van der Waals surface area contributed by atoms with E-state index >= 15 is 0 Å². The zero-order valence-electron chi connectivity index (χ0n) is 13.6. The molecular formula is C17H19F3N2O3. The Morgan fingerprint density at radius 1 is 1.12 bits per heavy atom. The molecule has 0 spiro atoms. The molecule has 25 heavy (non-hydrogen) atoms. The maximum Gasteiger partial charge on any atom is 0.427 e. The Labute approximate surface area is 142 Å². The number of hydroxylamine groups is 1. The van der Waals surface area contributed by atoms with Gasteiger partial charge in [0, 0.05) is 6.54 Å². The fourth-order valence-electron chi connectivity index (χ4n) is 2.89. The largest absolute Gasteiger partial charge is 0.427 e. The molecule has 1 aliphatic rings. The van der Waals surface area contributed by atoms with Crippen LogP contribution in [0.25, 0.3) is 0 Å². The van der Waals surface area contributed by atoms with E-state index < -0.39 is 17.4 Å². The Morgan fingerprint density at radius 2 is 1.88 bits per heavy atom. The summed E-state index contributed by atoms with van der Waals surface area (Å²) in [5.41, 5.74) is -1.51. The van der Waals surface area contributed by atoms with Gasteiger partial charge in [-0.2, -0.15) is 17.9 Å². The molecule has 0 bridgehead atoms. The van der Waals surface area contributed by atoms with Crippen LogP contribution in [0.5, 0.6) is 0 Å². The fraction of sp³-hybridized carbons (Fsp3) is 0.471. The van der Waals surface area contributed by atoms with Gasteiger partial charge < -0.3 is 4.52 Å². The van der Waals surface area contributed by atoms with Gasteiger partial charge in [-0.3, -0.25) is 4.84 Å². The third-order valence-electron chi connectivity index (χ3n) is 4.05. The second-order valence-electron chi connectivity index (χ2n) is 5.91. The summed E-state index contributed by atoms with van der Waals surface area (Å²) in [5.74, 6) is -0.324. The Hall–Kier alpha value is -2.22. The van der Waals surface area contributed by atoms with E-state index in [2.05, 4.69) is 0 Å². The number of rotatable bonds is 6. The molecule has 5 nitrogen and oxygen atoms in total. The molecule has 1 aromatic carbocycles. The van der Waals surface area contributed by atoms with E-state index in [4.69, 9.17) is 9.36 Å². The third kappa shape index (κ3) is 4.07. The van der Waals surface area contributed by atoms with E-state index in [1.54, 1.807) is 0 Å². The third-order valence-corrected chi connectivity index (χ3v) is 4.05. The van der Waals surface area contributed by atoms with Crippen molar-refractivity contribution in [2.24, 2.45) is 0 Å². The summed E-state index contributed by atoms with van der Waals surface area (Å²) < 4.78 is 45.6. The molecule has 2 aromatic rings. The number of alkyl halides is 3. The molecule has 1 saturated heterocycles. The monoisotopic (exact) mass is 356 g/mol. The average molecular weight is 356 g/mol. The molecule has 0 atom stereocenters. The van der Waals surface area contributed by atoms with Gasteiger partial charge in [0.15, 0.2) is 11.4 Å². The number of anilines is 1. The van der Waals surface area contributed by atoms with Crippen molar-refractivity contribution in [3.8, 4) is 0 Å². The van der Waals surface area contributed by atoms with E-state index in [0.717, 1.165) is 28.2 Å². The number of benzene rings is 1. The molecule has 1 fully saturated rings. The van der Waals surface area contributed by atoms with Gasteiger partial charge in [-0.15, -0.1) is 0 Å². The SMILES string of the molecule is O=c1on(CCCCc2ccccc2)c(N2CCCO2)c1C(F)(F)F. The van der Waals surface area contributed by atoms with Crippen LogP contribution >= 0.6 is 0 Å². The average Bonchev–Trinajstić information content (AvgIpc) is 3.19. The zero-order valence-corrected chi connectivity index (χ0v) is 13.6. The van der Waals surface area contributed by atoms with Crippen molar-refractivity contribution in [1.82, 2.24) is 4.74 Å². The van der Waals surface area contributed by atoms with Crippen LogP contribution in [-0.4, -0.2) is 17.9 Å². The molecule has 0 N–H and O–H groups in total. The summed E-state index contributed by atoms with van der Waals surface area (Å²) in [7, 11) is 0. The van der Waals surface area contributed by atoms with Crippen LogP contribution in [0.1, 0.15) is 30.4 Å². The van der Waals surface area contributed by atoms with Crippen LogP contribution in [0.4, 0.5) is 19.0 Å². The Morgan fingerprint density at radius 3 is 2.52 bits per heavy atom. The Kier molecular flexibility index (Phi) is 5.17. The minimum absolute atomic E-state index is 0.188. The summed E-state index contributed by atoms with van der Waals surface area (Å²) in [4.78, 5) is 16.9. The van der Waals surface area contributed by atoms with Crippen LogP contribution in [0, 0.1) is 0 Å². The van der Waals surface area contributed by atoms with Gasteiger partial charge in [0.05, 0.1) is 13.2 Å². The number of halogens is 3. The molecule has 0 unspecified atom stereocenters. The molecule has 3 rings (SSSR count). The van der Waals surface area contributed by atoms with Gasteiger partial charge >= 0.3 is 11.8 Å². The highest BCUT2D eigenvalue weighted by molar-refractivity contribution is 5.46. The van der Waals surface area contributed by atoms with E-state index in [0.29, 0.717) is 26.0 Å². The number of aryl methyl sites for hydroxylation is 2. The van der Waals surface area contributed by atoms with Gasteiger partial charge in [0.25, 0.3) is 0 Å². The van der Waals surface area contributed by atoms with Crippen molar-refractivity contribution in [3.05, 3.63) is 51.9 Å². The summed E-state index contributed by atoms with van der Waals surface area (Å²) in [6, 6.07) is 9.82. The summed E-state index contributed by atoms with van der Waals surface area (Å²) in [6.45, 7) is 0.810. The van der Waals surface area contributed by atoms with Crippen LogP contribution in [0.3, 0.4) is 0 Å². The molecule has 0 saturated carbocycles. The predicted molar refractivity (Wildman–Crippen MR) is 85.3 cm³/mol. The van der Waals surface area contributed by atoms with Gasteiger partial charge in [0.1, 0.15) is 0 Å². The van der Waals surface area contributed by atoms with Crippen LogP contribution in [-0.2, 0) is 24.0 Å². The van der Waals surface area contributed by atoms with Crippen LogP contribution in [0.15, 0.2) is 39.6 Å². The second-order valence-corrected chi connectivity index (χ2v) is 5.91. The Balaban J connectivity index is 1.73. The van der Waals surface area contributed by atoms with E-state index in [-0.39, 0.29) is 12.4 Å². The first-order valence-electron chi connectivity index (χ1n) is 8.22. The lowest BCUT2D eigenvalue weighted by Gasteiger charge is -2.19. The normalized spacial score (nSPS) is 15.1. The highest BCUT2D eigenvalue weighted by Crippen LogP contribution is 2.36. The number of unbranched alkanes of at least 4 members (excludes halogenated alkanes) is 1. The molecule has 8 heteroatoms. The first-order chi connectivity index (χ1) is 12.0. The maximum atomic E-state index is 13.2. The molecule has 136 valence electrons. The minimum Gasteiger partial charge on any atom is -0.334 e. The summed E-state index contributed by atoms with van der Waals surface area (Å²) in [6.07, 6.45) is -2.01. The summed E-state index contributed by atoms with van der Waals surface area (Å²) in [5, 5.41) is 1.12. The molecule has 1 aromatic heterocycles. The van der Waals surface area contributed by atoms with Crippen molar-refractivity contribution in [2.45, 2.75) is 38.4 Å². The topological polar surface area (TPSA) is 47.6 Å². The quantitative estimate of drug-likeness (QED) is 0.742. The van der Waals surface area contributed by atoms with Crippen molar-refractivity contribution in [2.75, 3.05) is 18.2 Å². The molecular weight excluding hydrogens is 337 g/mol. The second kappa shape index (κ2) is 7.35. The van der Waals surface area contributed by atoms with Gasteiger partial charge in [0.2, 0.25) is 0 Å². The smallest absolute Gasteiger partial charge is 0.334 e. The van der Waals surface area contributed by atoms with Crippen molar-refractivity contribution < 1.29 is 22.5 Å². The van der Waals surface area contributed by atoms with Crippen molar-refractivity contribution >= 4 is 5.82 Å². The molecule has 1 aliphatic heterocycles. The van der Waals surface area contributed by atoms with Crippen molar-refractivity contribution in [3.63, 3.8) is 0 Å². The van der Waals surface area contributed by atoms with Crippen LogP contribution < -0.4 is 10.7 Å². The van der Waals surface area contributed by atoms with E-state index in [1.807, 2.05) is 30.3 Å². The van der Waals surface area contributed by atoms with E-state index in [1.165, 1.54) is 0 Å². The highest BCUT2D eigenvalue weighted by Gasteiger charge is 2.43. The maximum absolute atomic E-state index is 13.2. The van der Waals surface area contributed by atoms with Crippen molar-refractivity contribution in [1.29, 1.82) is 0 Å². The zero-order chi connectivity index (χ0) is 17.9. The first-order valence-corrected chi connectivity index (χ1v) is 8.22. The van der Waals surface area contributed by atoms with Gasteiger partial charge in [-0.25, -0.2) is 9.86 Å².